The van der Waals surface area contributed by atoms with Gasteiger partial charge < -0.3 is 20.0 Å². The first-order chi connectivity index (χ1) is 16.1. The van der Waals surface area contributed by atoms with Crippen molar-refractivity contribution in [2.24, 2.45) is 0 Å². The van der Waals surface area contributed by atoms with E-state index in [0.29, 0.717) is 5.46 Å². The summed E-state index contributed by atoms with van der Waals surface area (Å²) in [6, 6.07) is 25.0. The van der Waals surface area contributed by atoms with Gasteiger partial charge in [-0.1, -0.05) is 30.3 Å². The third-order valence-corrected chi connectivity index (χ3v) is 5.14. The summed E-state index contributed by atoms with van der Waals surface area (Å²) in [6.07, 6.45) is 8.09. The number of aromatic nitrogens is 4. The Morgan fingerprint density at radius 2 is 0.879 bits per heavy atom. The van der Waals surface area contributed by atoms with Crippen molar-refractivity contribution in [2.45, 2.75) is 0 Å². The Bertz CT molecular complexity index is 1330. The van der Waals surface area contributed by atoms with Crippen molar-refractivity contribution >= 4 is 59.0 Å². The van der Waals surface area contributed by atoms with Gasteiger partial charge in [-0.05, 0) is 78.3 Å². The molecule has 1 aromatic carbocycles. The summed E-state index contributed by atoms with van der Waals surface area (Å²) in [4.78, 5) is 16.0. The highest BCUT2D eigenvalue weighted by atomic mass is 16.4. The molecule has 0 atom stereocenters. The normalized spacial score (nSPS) is 11.7. The van der Waals surface area contributed by atoms with E-state index in [0.717, 1.165) is 44.8 Å². The lowest BCUT2D eigenvalue weighted by Crippen LogP contribution is -2.29. The van der Waals surface area contributed by atoms with E-state index in [9.17, 15) is 0 Å². The molecule has 0 unspecified atom stereocenters. The van der Waals surface area contributed by atoms with E-state index >= 15 is 0 Å². The highest BCUT2D eigenvalue weighted by molar-refractivity contribution is 6.58. The second-order valence-corrected chi connectivity index (χ2v) is 7.69. The van der Waals surface area contributed by atoms with Crippen LogP contribution in [0, 0.1) is 0 Å². The summed E-state index contributed by atoms with van der Waals surface area (Å²) >= 11 is 0. The van der Waals surface area contributed by atoms with Crippen molar-refractivity contribution in [1.82, 2.24) is 19.9 Å². The Balaban J connectivity index is 0.000000215. The van der Waals surface area contributed by atoms with Crippen LogP contribution in [0.1, 0.15) is 22.8 Å². The van der Waals surface area contributed by atoms with Crippen LogP contribution >= 0.6 is 0 Å². The topological polar surface area (TPSA) is 97.8 Å². The van der Waals surface area contributed by atoms with E-state index in [1.165, 1.54) is 0 Å². The molecule has 8 bridgehead atoms. The molecule has 7 heteroatoms. The smallest absolute Gasteiger partial charge is 0.423 e. The zero-order chi connectivity index (χ0) is 22.6. The molecule has 0 saturated heterocycles. The average Bonchev–Trinajstić information content (AvgIpc) is 3.61. The fraction of sp³-hybridized carbons (Fsp3) is 0. The molecule has 3 aromatic heterocycles. The number of nitrogens with one attached hydrogen (secondary N) is 2. The Morgan fingerprint density at radius 1 is 0.515 bits per heavy atom. The Labute approximate surface area is 190 Å². The summed E-state index contributed by atoms with van der Waals surface area (Å²) in [5.74, 6) is 0. The fourth-order valence-corrected chi connectivity index (χ4v) is 3.57. The molecule has 5 heterocycles. The molecule has 0 saturated carbocycles. The van der Waals surface area contributed by atoms with Crippen LogP contribution in [0.5, 0.6) is 0 Å². The van der Waals surface area contributed by atoms with E-state index in [1.807, 2.05) is 54.6 Å². The lowest BCUT2D eigenvalue weighted by atomic mass is 9.81. The van der Waals surface area contributed by atoms with E-state index in [4.69, 9.17) is 10.0 Å². The molecular formula is C26H21BN4O2. The molecule has 2 aliphatic heterocycles. The summed E-state index contributed by atoms with van der Waals surface area (Å²) in [7, 11) is -1.34. The molecule has 0 amide bonds. The van der Waals surface area contributed by atoms with Crippen molar-refractivity contribution in [3.05, 3.63) is 102 Å². The third-order valence-electron chi connectivity index (χ3n) is 5.14. The van der Waals surface area contributed by atoms with Gasteiger partial charge in [-0.15, -0.1) is 0 Å². The summed E-state index contributed by atoms with van der Waals surface area (Å²) in [6.45, 7) is 0. The minimum absolute atomic E-state index is 0.525. The van der Waals surface area contributed by atoms with Crippen molar-refractivity contribution < 1.29 is 10.0 Å². The molecule has 33 heavy (non-hydrogen) atoms. The molecule has 160 valence electrons. The molecule has 4 aromatic rings. The van der Waals surface area contributed by atoms with E-state index in [-0.39, 0.29) is 0 Å². The second kappa shape index (κ2) is 9.12. The van der Waals surface area contributed by atoms with Gasteiger partial charge in [0, 0.05) is 22.1 Å². The maximum atomic E-state index is 8.58. The van der Waals surface area contributed by atoms with Gasteiger partial charge in [-0.2, -0.15) is 0 Å². The molecule has 6 nitrogen and oxygen atoms in total. The van der Waals surface area contributed by atoms with E-state index in [1.54, 1.807) is 24.3 Å². The summed E-state index contributed by atoms with van der Waals surface area (Å²) in [5, 5.41) is 17.2. The van der Waals surface area contributed by atoms with Crippen LogP contribution in [0.25, 0.3) is 46.4 Å². The van der Waals surface area contributed by atoms with Crippen LogP contribution in [0.3, 0.4) is 0 Å². The Hall–Kier alpha value is -4.20. The molecule has 6 rings (SSSR count). The Morgan fingerprint density at radius 3 is 1.18 bits per heavy atom. The van der Waals surface area contributed by atoms with Crippen LogP contribution < -0.4 is 5.46 Å². The largest absolute Gasteiger partial charge is 0.488 e. The minimum atomic E-state index is -1.34. The molecule has 0 fully saturated rings. The maximum absolute atomic E-state index is 8.58. The fourth-order valence-electron chi connectivity index (χ4n) is 3.57. The molecule has 0 radical (unpaired) electrons. The first-order valence-electron chi connectivity index (χ1n) is 10.6. The van der Waals surface area contributed by atoms with Gasteiger partial charge in [0.25, 0.3) is 0 Å². The number of benzene rings is 1. The first kappa shape index (κ1) is 20.7. The minimum Gasteiger partial charge on any atom is -0.423 e. The molecular weight excluding hydrogens is 411 g/mol. The van der Waals surface area contributed by atoms with Crippen molar-refractivity contribution in [3.63, 3.8) is 0 Å². The van der Waals surface area contributed by atoms with Gasteiger partial charge in [0.05, 0.1) is 22.8 Å². The van der Waals surface area contributed by atoms with Gasteiger partial charge in [0.1, 0.15) is 0 Å². The van der Waals surface area contributed by atoms with Crippen molar-refractivity contribution in [3.8, 4) is 0 Å². The average molecular weight is 432 g/mol. The predicted octanol–water partition coefficient (Wildman–Crippen LogP) is 4.02. The monoisotopic (exact) mass is 432 g/mol. The van der Waals surface area contributed by atoms with Crippen LogP contribution in [0.15, 0.2) is 78.9 Å². The summed E-state index contributed by atoms with van der Waals surface area (Å²) in [5.41, 5.74) is 8.39. The SMILES string of the molecule is C1=Cc2cc3ccc(cc4nc(cc5ccc(cc1n2)[nH]5)C=C4)[nH]3.OB(O)c1ccccc1. The standard InChI is InChI=1S/C20H14N4.C6H7BO2/c1-2-14-10-16-5-6-18(23-16)12-20-8-7-19(24-20)11-17-4-3-15(22-17)9-13(1)21-14;8-7(9)6-4-2-1-3-5-6/h1-12,21,24H;1-5,8-9H. The number of hydrogen-bond donors (Lipinski definition) is 4. The van der Waals surface area contributed by atoms with Crippen molar-refractivity contribution in [1.29, 1.82) is 0 Å². The zero-order valence-corrected chi connectivity index (χ0v) is 17.7. The van der Waals surface area contributed by atoms with Gasteiger partial charge in [-0.25, -0.2) is 9.97 Å². The molecule has 0 aliphatic carbocycles. The van der Waals surface area contributed by atoms with Crippen LogP contribution in [-0.2, 0) is 0 Å². The summed E-state index contributed by atoms with van der Waals surface area (Å²) < 4.78 is 0. The molecule has 0 spiro atoms. The second-order valence-electron chi connectivity index (χ2n) is 7.69. The maximum Gasteiger partial charge on any atom is 0.488 e. The van der Waals surface area contributed by atoms with Crippen LogP contribution in [-0.4, -0.2) is 37.1 Å². The van der Waals surface area contributed by atoms with E-state index in [2.05, 4.69) is 44.2 Å². The predicted molar refractivity (Wildman–Crippen MR) is 135 cm³/mol. The van der Waals surface area contributed by atoms with Gasteiger partial charge in [-0.3, -0.25) is 0 Å². The first-order valence-corrected chi connectivity index (χ1v) is 10.6. The number of hydrogen-bond acceptors (Lipinski definition) is 4. The highest BCUT2D eigenvalue weighted by Crippen LogP contribution is 2.16. The van der Waals surface area contributed by atoms with Gasteiger partial charge >= 0.3 is 7.12 Å². The highest BCUT2D eigenvalue weighted by Gasteiger charge is 2.07. The van der Waals surface area contributed by atoms with Crippen molar-refractivity contribution in [2.75, 3.05) is 0 Å². The zero-order valence-electron chi connectivity index (χ0n) is 17.7. The number of nitrogens with zero attached hydrogens (tertiary/aromatic N) is 2. The number of rotatable bonds is 1. The quantitative estimate of drug-likeness (QED) is 0.295. The van der Waals surface area contributed by atoms with Crippen LogP contribution in [0.2, 0.25) is 0 Å². The number of H-pyrrole nitrogens is 2. The third kappa shape index (κ3) is 5.18. The number of aromatic amines is 2. The van der Waals surface area contributed by atoms with Crippen LogP contribution in [0.4, 0.5) is 0 Å². The van der Waals surface area contributed by atoms with E-state index < -0.39 is 7.12 Å². The van der Waals surface area contributed by atoms with Gasteiger partial charge in [0.15, 0.2) is 0 Å². The molecule has 2 aliphatic rings. The Kier molecular flexibility index (Phi) is 5.72. The lowest BCUT2D eigenvalue weighted by Gasteiger charge is -1.94. The van der Waals surface area contributed by atoms with Gasteiger partial charge in [0.2, 0.25) is 0 Å². The molecule has 4 N–H and O–H groups in total. The lowest BCUT2D eigenvalue weighted by molar-refractivity contribution is 0.426. The number of fused-ring (bicyclic) bond motifs is 8.